The SMILES string of the molecule is Cc1ncc(CCNS(=O)(=O)CCN2C(=O)c3ccccc3C2=O)[nH]1. The molecule has 0 spiro atoms. The minimum Gasteiger partial charge on any atom is -0.346 e. The predicted octanol–water partition coefficient (Wildman–Crippen LogP) is 0.476. The number of aryl methyl sites for hydroxylation is 1. The van der Waals surface area contributed by atoms with Crippen LogP contribution in [-0.2, 0) is 16.4 Å². The third-order valence-corrected chi connectivity index (χ3v) is 5.30. The molecule has 0 atom stereocenters. The number of imidazole rings is 1. The molecule has 0 saturated carbocycles. The minimum atomic E-state index is -3.60. The summed E-state index contributed by atoms with van der Waals surface area (Å²) in [6.07, 6.45) is 2.13. The normalized spacial score (nSPS) is 14.2. The largest absolute Gasteiger partial charge is 0.346 e. The predicted molar refractivity (Wildman–Crippen MR) is 90.6 cm³/mol. The Kier molecular flexibility index (Phi) is 4.69. The van der Waals surface area contributed by atoms with E-state index in [9.17, 15) is 18.0 Å². The summed E-state index contributed by atoms with van der Waals surface area (Å²) < 4.78 is 26.6. The highest BCUT2D eigenvalue weighted by atomic mass is 32.2. The number of aromatic amines is 1. The topological polar surface area (TPSA) is 112 Å². The van der Waals surface area contributed by atoms with E-state index in [-0.39, 0.29) is 18.8 Å². The smallest absolute Gasteiger partial charge is 0.261 e. The number of fused-ring (bicyclic) bond motifs is 1. The Balaban J connectivity index is 1.54. The number of benzene rings is 1. The van der Waals surface area contributed by atoms with Crippen LogP contribution < -0.4 is 4.72 Å². The van der Waals surface area contributed by atoms with Gasteiger partial charge in [-0.05, 0) is 19.1 Å². The number of carbonyl (C=O) groups is 2. The van der Waals surface area contributed by atoms with Crippen molar-refractivity contribution in [2.45, 2.75) is 13.3 Å². The Labute approximate surface area is 145 Å². The number of aromatic nitrogens is 2. The molecule has 132 valence electrons. The molecule has 8 nitrogen and oxygen atoms in total. The molecule has 9 heteroatoms. The summed E-state index contributed by atoms with van der Waals surface area (Å²) in [5, 5.41) is 0. The molecule has 2 heterocycles. The fraction of sp³-hybridized carbons (Fsp3) is 0.312. The van der Waals surface area contributed by atoms with Gasteiger partial charge < -0.3 is 4.98 Å². The Morgan fingerprint density at radius 3 is 2.36 bits per heavy atom. The van der Waals surface area contributed by atoms with Gasteiger partial charge in [-0.1, -0.05) is 12.1 Å². The van der Waals surface area contributed by atoms with Crippen LogP contribution in [0.4, 0.5) is 0 Å². The van der Waals surface area contributed by atoms with Gasteiger partial charge in [-0.15, -0.1) is 0 Å². The number of sulfonamides is 1. The molecule has 1 aromatic heterocycles. The van der Waals surface area contributed by atoms with Gasteiger partial charge in [-0.25, -0.2) is 18.1 Å². The van der Waals surface area contributed by atoms with E-state index in [0.29, 0.717) is 17.5 Å². The van der Waals surface area contributed by atoms with Gasteiger partial charge in [0.05, 0.1) is 16.9 Å². The molecule has 0 bridgehead atoms. The molecule has 2 amide bonds. The number of rotatable bonds is 7. The fourth-order valence-corrected chi connectivity index (χ4v) is 3.65. The van der Waals surface area contributed by atoms with Crippen molar-refractivity contribution in [1.82, 2.24) is 19.6 Å². The lowest BCUT2D eigenvalue weighted by Gasteiger charge is -2.14. The van der Waals surface area contributed by atoms with E-state index in [4.69, 9.17) is 0 Å². The Hall–Kier alpha value is -2.52. The maximum atomic E-state index is 12.2. The van der Waals surface area contributed by atoms with Crippen LogP contribution in [0, 0.1) is 6.92 Å². The molecule has 0 unspecified atom stereocenters. The zero-order valence-electron chi connectivity index (χ0n) is 13.7. The molecule has 1 aromatic carbocycles. The van der Waals surface area contributed by atoms with Crippen LogP contribution >= 0.6 is 0 Å². The Bertz CT molecular complexity index is 885. The van der Waals surface area contributed by atoms with Crippen molar-refractivity contribution in [3.05, 3.63) is 53.1 Å². The second-order valence-electron chi connectivity index (χ2n) is 5.76. The van der Waals surface area contributed by atoms with Gasteiger partial charge in [-0.2, -0.15) is 0 Å². The first-order chi connectivity index (χ1) is 11.9. The quantitative estimate of drug-likeness (QED) is 0.696. The highest BCUT2D eigenvalue weighted by molar-refractivity contribution is 7.89. The summed E-state index contributed by atoms with van der Waals surface area (Å²) in [7, 11) is -3.60. The van der Waals surface area contributed by atoms with Crippen molar-refractivity contribution in [2.75, 3.05) is 18.8 Å². The second kappa shape index (κ2) is 6.77. The molecular weight excluding hydrogens is 344 g/mol. The van der Waals surface area contributed by atoms with E-state index in [1.165, 1.54) is 0 Å². The van der Waals surface area contributed by atoms with Crippen LogP contribution in [0.15, 0.2) is 30.5 Å². The molecule has 2 N–H and O–H groups in total. The van der Waals surface area contributed by atoms with Crippen molar-refractivity contribution in [1.29, 1.82) is 0 Å². The van der Waals surface area contributed by atoms with Gasteiger partial charge in [0, 0.05) is 31.4 Å². The number of nitrogens with one attached hydrogen (secondary N) is 2. The average Bonchev–Trinajstić information content (AvgIpc) is 3.09. The number of hydrogen-bond acceptors (Lipinski definition) is 5. The van der Waals surface area contributed by atoms with E-state index in [1.807, 2.05) is 6.92 Å². The standard InChI is InChI=1S/C16H18N4O4S/c1-11-17-10-12(19-11)6-7-18-25(23,24)9-8-20-15(21)13-4-2-3-5-14(13)16(20)22/h2-5,10,18H,6-9H2,1H3,(H,17,19). The van der Waals surface area contributed by atoms with Gasteiger partial charge in [-0.3, -0.25) is 14.5 Å². The molecule has 0 radical (unpaired) electrons. The van der Waals surface area contributed by atoms with E-state index in [2.05, 4.69) is 14.7 Å². The molecule has 0 saturated heterocycles. The second-order valence-corrected chi connectivity index (χ2v) is 7.69. The summed E-state index contributed by atoms with van der Waals surface area (Å²) in [6.45, 7) is 1.85. The Morgan fingerprint density at radius 1 is 1.16 bits per heavy atom. The first-order valence-corrected chi connectivity index (χ1v) is 9.46. The number of carbonyl (C=O) groups excluding carboxylic acids is 2. The van der Waals surface area contributed by atoms with Crippen molar-refractivity contribution < 1.29 is 18.0 Å². The van der Waals surface area contributed by atoms with Crippen LogP contribution in [0.2, 0.25) is 0 Å². The monoisotopic (exact) mass is 362 g/mol. The summed E-state index contributed by atoms with van der Waals surface area (Å²) >= 11 is 0. The van der Waals surface area contributed by atoms with E-state index in [0.717, 1.165) is 16.4 Å². The zero-order chi connectivity index (χ0) is 18.0. The highest BCUT2D eigenvalue weighted by Crippen LogP contribution is 2.22. The first kappa shape index (κ1) is 17.3. The third kappa shape index (κ3) is 3.77. The molecule has 3 rings (SSSR count). The molecule has 2 aromatic rings. The van der Waals surface area contributed by atoms with E-state index < -0.39 is 21.8 Å². The highest BCUT2D eigenvalue weighted by Gasteiger charge is 2.35. The maximum absolute atomic E-state index is 12.2. The number of amides is 2. The van der Waals surface area contributed by atoms with Gasteiger partial charge in [0.1, 0.15) is 5.82 Å². The lowest BCUT2D eigenvalue weighted by Crippen LogP contribution is -2.38. The van der Waals surface area contributed by atoms with Crippen molar-refractivity contribution >= 4 is 21.8 Å². The lowest BCUT2D eigenvalue weighted by atomic mass is 10.1. The lowest BCUT2D eigenvalue weighted by molar-refractivity contribution is 0.0664. The van der Waals surface area contributed by atoms with Crippen LogP contribution in [0.5, 0.6) is 0 Å². The number of hydrogen-bond donors (Lipinski definition) is 2. The van der Waals surface area contributed by atoms with Crippen molar-refractivity contribution in [3.63, 3.8) is 0 Å². The summed E-state index contributed by atoms with van der Waals surface area (Å²) in [5.41, 5.74) is 1.46. The van der Waals surface area contributed by atoms with Crippen molar-refractivity contribution in [2.24, 2.45) is 0 Å². The molecule has 1 aliphatic heterocycles. The van der Waals surface area contributed by atoms with Crippen molar-refractivity contribution in [3.8, 4) is 0 Å². The average molecular weight is 362 g/mol. The fourth-order valence-electron chi connectivity index (χ4n) is 2.67. The summed E-state index contributed by atoms with van der Waals surface area (Å²) in [4.78, 5) is 32.4. The van der Waals surface area contributed by atoms with Crippen LogP contribution in [0.3, 0.4) is 0 Å². The van der Waals surface area contributed by atoms with Gasteiger partial charge in [0.15, 0.2) is 0 Å². The number of H-pyrrole nitrogens is 1. The summed E-state index contributed by atoms with van der Waals surface area (Å²) in [5.74, 6) is -0.476. The molecule has 0 fully saturated rings. The van der Waals surface area contributed by atoms with Crippen LogP contribution in [-0.4, -0.2) is 53.9 Å². The van der Waals surface area contributed by atoms with E-state index >= 15 is 0 Å². The minimum absolute atomic E-state index is 0.176. The van der Waals surface area contributed by atoms with Crippen LogP contribution in [0.25, 0.3) is 0 Å². The molecule has 0 aliphatic carbocycles. The van der Waals surface area contributed by atoms with Crippen LogP contribution in [0.1, 0.15) is 32.2 Å². The number of imide groups is 1. The van der Waals surface area contributed by atoms with E-state index in [1.54, 1.807) is 30.5 Å². The van der Waals surface area contributed by atoms with Gasteiger partial charge in [0.25, 0.3) is 11.8 Å². The zero-order valence-corrected chi connectivity index (χ0v) is 14.5. The Morgan fingerprint density at radius 2 is 1.80 bits per heavy atom. The van der Waals surface area contributed by atoms with Gasteiger partial charge in [0.2, 0.25) is 10.0 Å². The maximum Gasteiger partial charge on any atom is 0.261 e. The molecule has 25 heavy (non-hydrogen) atoms. The number of nitrogens with zero attached hydrogens (tertiary/aromatic N) is 2. The summed E-state index contributed by atoms with van der Waals surface area (Å²) in [6, 6.07) is 6.47. The third-order valence-electron chi connectivity index (χ3n) is 3.93. The first-order valence-electron chi connectivity index (χ1n) is 7.80. The van der Waals surface area contributed by atoms with Gasteiger partial charge >= 0.3 is 0 Å². The molecular formula is C16H18N4O4S. The molecule has 1 aliphatic rings.